The first-order chi connectivity index (χ1) is 8.70. The van der Waals surface area contributed by atoms with Crippen LogP contribution in [0, 0.1) is 10.1 Å². The van der Waals surface area contributed by atoms with Crippen molar-refractivity contribution in [2.75, 3.05) is 18.4 Å². The molecule has 98 valence electrons. The molecule has 0 unspecified atom stereocenters. The van der Waals surface area contributed by atoms with Gasteiger partial charge in [0.25, 0.3) is 5.69 Å². The van der Waals surface area contributed by atoms with Crippen LogP contribution in [0.25, 0.3) is 0 Å². The lowest BCUT2D eigenvalue weighted by atomic mass is 10.1. The molecule has 1 saturated heterocycles. The monoisotopic (exact) mass is 251 g/mol. The lowest BCUT2D eigenvalue weighted by Gasteiger charge is -2.24. The van der Waals surface area contributed by atoms with Crippen molar-refractivity contribution in [1.82, 2.24) is 5.32 Å². The third kappa shape index (κ3) is 2.96. The van der Waals surface area contributed by atoms with Crippen LogP contribution in [-0.2, 0) is 6.61 Å². The number of anilines is 1. The average Bonchev–Trinajstić information content (AvgIpc) is 2.40. The predicted molar refractivity (Wildman–Crippen MR) is 68.5 cm³/mol. The van der Waals surface area contributed by atoms with Crippen molar-refractivity contribution in [1.29, 1.82) is 0 Å². The van der Waals surface area contributed by atoms with Gasteiger partial charge in [0.05, 0.1) is 17.1 Å². The smallest absolute Gasteiger partial charge is 0.276 e. The second kappa shape index (κ2) is 5.79. The maximum atomic E-state index is 10.9. The molecule has 6 heteroatoms. The molecule has 0 aromatic heterocycles. The van der Waals surface area contributed by atoms with Gasteiger partial charge in [0.15, 0.2) is 0 Å². The van der Waals surface area contributed by atoms with Gasteiger partial charge in [-0.25, -0.2) is 0 Å². The van der Waals surface area contributed by atoms with E-state index in [1.165, 1.54) is 6.07 Å². The van der Waals surface area contributed by atoms with Crippen LogP contribution in [0.5, 0.6) is 0 Å². The topological polar surface area (TPSA) is 87.4 Å². The molecule has 0 amide bonds. The number of hydrogen-bond donors (Lipinski definition) is 3. The Balaban J connectivity index is 2.13. The first-order valence-electron chi connectivity index (χ1n) is 6.06. The molecule has 6 nitrogen and oxygen atoms in total. The Morgan fingerprint density at radius 2 is 2.39 bits per heavy atom. The normalized spacial score (nSPS) is 19.5. The number of aliphatic hydroxyl groups is 1. The van der Waals surface area contributed by atoms with Gasteiger partial charge in [-0.1, -0.05) is 0 Å². The van der Waals surface area contributed by atoms with Crippen LogP contribution >= 0.6 is 0 Å². The van der Waals surface area contributed by atoms with E-state index in [1.54, 1.807) is 12.1 Å². The Morgan fingerprint density at radius 1 is 1.56 bits per heavy atom. The van der Waals surface area contributed by atoms with Crippen molar-refractivity contribution >= 4 is 11.4 Å². The van der Waals surface area contributed by atoms with Crippen LogP contribution < -0.4 is 10.6 Å². The van der Waals surface area contributed by atoms with E-state index in [0.29, 0.717) is 11.6 Å². The highest BCUT2D eigenvalue weighted by atomic mass is 16.6. The molecule has 1 heterocycles. The fourth-order valence-electron chi connectivity index (χ4n) is 2.17. The van der Waals surface area contributed by atoms with E-state index in [0.717, 1.165) is 31.6 Å². The largest absolute Gasteiger partial charge is 0.391 e. The highest BCUT2D eigenvalue weighted by molar-refractivity contribution is 5.55. The Morgan fingerprint density at radius 3 is 3.00 bits per heavy atom. The van der Waals surface area contributed by atoms with E-state index in [9.17, 15) is 10.1 Å². The number of nitrogens with zero attached hydrogens (tertiary/aromatic N) is 1. The van der Waals surface area contributed by atoms with Crippen molar-refractivity contribution < 1.29 is 10.0 Å². The number of nitro groups is 1. The number of rotatable bonds is 4. The Kier molecular flexibility index (Phi) is 4.11. The van der Waals surface area contributed by atoms with Crippen LogP contribution in [0.15, 0.2) is 18.2 Å². The molecule has 18 heavy (non-hydrogen) atoms. The van der Waals surface area contributed by atoms with Crippen molar-refractivity contribution in [2.24, 2.45) is 0 Å². The fraction of sp³-hybridized carbons (Fsp3) is 0.500. The van der Waals surface area contributed by atoms with Gasteiger partial charge in [-0.3, -0.25) is 10.1 Å². The van der Waals surface area contributed by atoms with Crippen molar-refractivity contribution in [3.8, 4) is 0 Å². The average molecular weight is 251 g/mol. The summed E-state index contributed by atoms with van der Waals surface area (Å²) < 4.78 is 0. The number of piperidine rings is 1. The van der Waals surface area contributed by atoms with Gasteiger partial charge in [-0.15, -0.1) is 0 Å². The molecule has 0 saturated carbocycles. The van der Waals surface area contributed by atoms with E-state index in [-0.39, 0.29) is 12.3 Å². The fourth-order valence-corrected chi connectivity index (χ4v) is 2.17. The number of hydrogen-bond acceptors (Lipinski definition) is 5. The van der Waals surface area contributed by atoms with Crippen LogP contribution in [0.3, 0.4) is 0 Å². The standard InChI is InChI=1S/C12H17N3O3/c16-8-9-3-4-10(6-12(9)15(17)18)14-11-2-1-5-13-7-11/h3-4,6,11,13-14,16H,1-2,5,7-8H2/t11-/m0/s1. The maximum absolute atomic E-state index is 10.9. The molecule has 1 aromatic carbocycles. The summed E-state index contributed by atoms with van der Waals surface area (Å²) >= 11 is 0. The van der Waals surface area contributed by atoms with Gasteiger partial charge in [0.2, 0.25) is 0 Å². The lowest BCUT2D eigenvalue weighted by Crippen LogP contribution is -2.38. The van der Waals surface area contributed by atoms with Crippen molar-refractivity contribution in [2.45, 2.75) is 25.5 Å². The molecule has 0 radical (unpaired) electrons. The minimum atomic E-state index is -0.462. The first-order valence-corrected chi connectivity index (χ1v) is 6.06. The Hall–Kier alpha value is -1.66. The predicted octanol–water partition coefficient (Wildman–Crippen LogP) is 1.25. The third-order valence-corrected chi connectivity index (χ3v) is 3.12. The zero-order valence-electron chi connectivity index (χ0n) is 10.1. The first kappa shape index (κ1) is 12.8. The molecule has 1 aliphatic heterocycles. The van der Waals surface area contributed by atoms with Gasteiger partial charge >= 0.3 is 0 Å². The molecule has 0 bridgehead atoms. The quantitative estimate of drug-likeness (QED) is 0.553. The van der Waals surface area contributed by atoms with Crippen LogP contribution in [0.2, 0.25) is 0 Å². The summed E-state index contributed by atoms with van der Waals surface area (Å²) in [6.07, 6.45) is 2.16. The minimum absolute atomic E-state index is 0.0359. The summed E-state index contributed by atoms with van der Waals surface area (Å²) in [5.41, 5.74) is 1.03. The molecule has 1 aliphatic rings. The molecule has 1 atom stereocenters. The molecule has 1 aromatic rings. The maximum Gasteiger partial charge on any atom is 0.276 e. The zero-order chi connectivity index (χ0) is 13.0. The molecule has 2 rings (SSSR count). The molecule has 3 N–H and O–H groups in total. The van der Waals surface area contributed by atoms with Gasteiger partial charge in [0.1, 0.15) is 0 Å². The second-order valence-electron chi connectivity index (χ2n) is 4.45. The lowest BCUT2D eigenvalue weighted by molar-refractivity contribution is -0.385. The number of nitro benzene ring substituents is 1. The third-order valence-electron chi connectivity index (χ3n) is 3.12. The van der Waals surface area contributed by atoms with Crippen molar-refractivity contribution in [3.63, 3.8) is 0 Å². The number of nitrogens with one attached hydrogen (secondary N) is 2. The van der Waals surface area contributed by atoms with E-state index in [1.807, 2.05) is 0 Å². The van der Waals surface area contributed by atoms with E-state index in [4.69, 9.17) is 5.11 Å². The molecule has 1 fully saturated rings. The number of benzene rings is 1. The van der Waals surface area contributed by atoms with Crippen LogP contribution in [0.4, 0.5) is 11.4 Å². The summed E-state index contributed by atoms with van der Waals surface area (Å²) in [6, 6.07) is 5.16. The summed E-state index contributed by atoms with van der Waals surface area (Å²) in [6.45, 7) is 1.58. The molecular weight excluding hydrogens is 234 g/mol. The van der Waals surface area contributed by atoms with E-state index in [2.05, 4.69) is 10.6 Å². The van der Waals surface area contributed by atoms with E-state index >= 15 is 0 Å². The van der Waals surface area contributed by atoms with Crippen LogP contribution in [-0.4, -0.2) is 29.2 Å². The Labute approximate surface area is 105 Å². The van der Waals surface area contributed by atoms with Crippen LogP contribution in [0.1, 0.15) is 18.4 Å². The van der Waals surface area contributed by atoms with Crippen molar-refractivity contribution in [3.05, 3.63) is 33.9 Å². The SMILES string of the molecule is O=[N+]([O-])c1cc(N[C@H]2CCCNC2)ccc1CO. The number of aliphatic hydroxyl groups excluding tert-OH is 1. The summed E-state index contributed by atoms with van der Waals surface area (Å²) in [5, 5.41) is 26.5. The summed E-state index contributed by atoms with van der Waals surface area (Å²) in [7, 11) is 0. The second-order valence-corrected chi connectivity index (χ2v) is 4.45. The van der Waals surface area contributed by atoms with Gasteiger partial charge in [0, 0.05) is 24.3 Å². The molecule has 0 spiro atoms. The Bertz CT molecular complexity index is 431. The van der Waals surface area contributed by atoms with E-state index < -0.39 is 4.92 Å². The summed E-state index contributed by atoms with van der Waals surface area (Å²) in [5.74, 6) is 0. The highest BCUT2D eigenvalue weighted by Gasteiger charge is 2.16. The molecule has 0 aliphatic carbocycles. The van der Waals surface area contributed by atoms with Gasteiger partial charge in [-0.2, -0.15) is 0 Å². The van der Waals surface area contributed by atoms with Gasteiger partial charge < -0.3 is 15.7 Å². The summed E-state index contributed by atoms with van der Waals surface area (Å²) in [4.78, 5) is 10.4. The zero-order valence-corrected chi connectivity index (χ0v) is 10.1. The molecular formula is C12H17N3O3. The minimum Gasteiger partial charge on any atom is -0.391 e. The highest BCUT2D eigenvalue weighted by Crippen LogP contribution is 2.24. The van der Waals surface area contributed by atoms with Gasteiger partial charge in [-0.05, 0) is 31.5 Å².